The molecule has 2 nitrogen and oxygen atoms in total. The number of hydrogen-bond acceptors (Lipinski definition) is 2. The topological polar surface area (TPSA) is 18.5 Å². The van der Waals surface area contributed by atoms with Crippen molar-refractivity contribution >= 4 is 0 Å². The van der Waals surface area contributed by atoms with E-state index in [1.54, 1.807) is 0 Å². The summed E-state index contributed by atoms with van der Waals surface area (Å²) in [6, 6.07) is 10.5. The molecule has 0 aliphatic rings. The minimum Gasteiger partial charge on any atom is -0.497 e. The second-order valence-corrected chi connectivity index (χ2v) is 5.75. The van der Waals surface area contributed by atoms with Gasteiger partial charge >= 0.3 is 0 Å². The molecule has 1 aromatic carbocycles. The molecule has 0 aromatic heterocycles. The predicted octanol–water partition coefficient (Wildman–Crippen LogP) is 5.73. The summed E-state index contributed by atoms with van der Waals surface area (Å²) in [6.45, 7) is 8.00. The molecule has 1 rings (SSSR count). The number of rotatable bonds is 12. The third kappa shape index (κ3) is 8.11. The van der Waals surface area contributed by atoms with Crippen LogP contribution >= 0.6 is 0 Å². The maximum atomic E-state index is 5.80. The standard InChI is InChI=1S/C20H32O2/c1-4-7-11-18(5-2)16-21-17-20(22-6-3)15-14-19-12-9-8-10-13-19/h8-10,12-13,17-18H,4-7,11,14-16H2,1-3H3/b20-17-. The minimum atomic E-state index is 0.660. The van der Waals surface area contributed by atoms with Gasteiger partial charge in [-0.05, 0) is 31.2 Å². The van der Waals surface area contributed by atoms with Gasteiger partial charge in [-0.3, -0.25) is 0 Å². The summed E-state index contributed by atoms with van der Waals surface area (Å²) in [7, 11) is 0. The average molecular weight is 304 g/mol. The highest BCUT2D eigenvalue weighted by Crippen LogP contribution is 2.15. The molecule has 0 saturated heterocycles. The Morgan fingerprint density at radius 1 is 1.14 bits per heavy atom. The summed E-state index contributed by atoms with van der Waals surface area (Å²) >= 11 is 0. The summed E-state index contributed by atoms with van der Waals surface area (Å²) in [5.41, 5.74) is 1.34. The van der Waals surface area contributed by atoms with Crippen molar-refractivity contribution in [3.05, 3.63) is 47.9 Å². The van der Waals surface area contributed by atoms with Gasteiger partial charge in [0.2, 0.25) is 0 Å². The van der Waals surface area contributed by atoms with Crippen LogP contribution in [0, 0.1) is 5.92 Å². The van der Waals surface area contributed by atoms with Crippen LogP contribution < -0.4 is 0 Å². The fraction of sp³-hybridized carbons (Fsp3) is 0.600. The van der Waals surface area contributed by atoms with Gasteiger partial charge in [0.25, 0.3) is 0 Å². The van der Waals surface area contributed by atoms with Gasteiger partial charge < -0.3 is 9.47 Å². The number of aryl methyl sites for hydroxylation is 1. The smallest absolute Gasteiger partial charge is 0.131 e. The molecule has 2 heteroatoms. The maximum absolute atomic E-state index is 5.80. The van der Waals surface area contributed by atoms with Crippen LogP contribution in [0.2, 0.25) is 0 Å². The van der Waals surface area contributed by atoms with Crippen LogP contribution in [0.1, 0.15) is 58.4 Å². The van der Waals surface area contributed by atoms with Crippen LogP contribution in [0.5, 0.6) is 0 Å². The van der Waals surface area contributed by atoms with Crippen molar-refractivity contribution < 1.29 is 9.47 Å². The van der Waals surface area contributed by atoms with Crippen molar-refractivity contribution in [2.24, 2.45) is 5.92 Å². The number of hydrogen-bond donors (Lipinski definition) is 0. The first kappa shape index (κ1) is 18.6. The number of allylic oxidation sites excluding steroid dienone is 1. The second-order valence-electron chi connectivity index (χ2n) is 5.75. The predicted molar refractivity (Wildman–Crippen MR) is 93.7 cm³/mol. The van der Waals surface area contributed by atoms with Gasteiger partial charge in [-0.1, -0.05) is 63.4 Å². The third-order valence-electron chi connectivity index (χ3n) is 3.92. The molecule has 0 saturated carbocycles. The second kappa shape index (κ2) is 12.1. The highest BCUT2D eigenvalue weighted by atomic mass is 16.5. The summed E-state index contributed by atoms with van der Waals surface area (Å²) in [5.74, 6) is 1.62. The van der Waals surface area contributed by atoms with Crippen LogP contribution in [-0.2, 0) is 15.9 Å². The van der Waals surface area contributed by atoms with E-state index in [4.69, 9.17) is 9.47 Å². The summed E-state index contributed by atoms with van der Waals surface area (Å²) in [6.07, 6.45) is 8.70. The SMILES string of the molecule is CCCCC(CC)CO/C=C(/CCc1ccccc1)OCC. The molecule has 0 bridgehead atoms. The van der Waals surface area contributed by atoms with Crippen molar-refractivity contribution in [3.63, 3.8) is 0 Å². The molecule has 0 aliphatic carbocycles. The van der Waals surface area contributed by atoms with E-state index < -0.39 is 0 Å². The number of benzene rings is 1. The quantitative estimate of drug-likeness (QED) is 0.459. The molecule has 0 heterocycles. The fourth-order valence-electron chi connectivity index (χ4n) is 2.44. The highest BCUT2D eigenvalue weighted by molar-refractivity contribution is 5.15. The van der Waals surface area contributed by atoms with Gasteiger partial charge in [-0.15, -0.1) is 0 Å². The zero-order chi connectivity index (χ0) is 16.0. The van der Waals surface area contributed by atoms with Crippen LogP contribution in [-0.4, -0.2) is 13.2 Å². The van der Waals surface area contributed by atoms with E-state index in [0.29, 0.717) is 12.5 Å². The minimum absolute atomic E-state index is 0.660. The van der Waals surface area contributed by atoms with E-state index in [1.165, 1.54) is 31.2 Å². The lowest BCUT2D eigenvalue weighted by atomic mass is 10.0. The Balaban J connectivity index is 2.40. The summed E-state index contributed by atoms with van der Waals surface area (Å²) in [4.78, 5) is 0. The van der Waals surface area contributed by atoms with Crippen LogP contribution in [0.15, 0.2) is 42.4 Å². The van der Waals surface area contributed by atoms with E-state index >= 15 is 0 Å². The Kier molecular flexibility index (Phi) is 10.3. The van der Waals surface area contributed by atoms with Crippen LogP contribution in [0.4, 0.5) is 0 Å². The molecular weight excluding hydrogens is 272 g/mol. The molecule has 1 atom stereocenters. The maximum Gasteiger partial charge on any atom is 0.131 e. The van der Waals surface area contributed by atoms with Crippen molar-refractivity contribution in [2.75, 3.05) is 13.2 Å². The molecular formula is C20H32O2. The molecule has 0 aliphatic heterocycles. The van der Waals surface area contributed by atoms with Gasteiger partial charge in [-0.25, -0.2) is 0 Å². The Hall–Kier alpha value is -1.44. The normalized spacial score (nSPS) is 13.0. The van der Waals surface area contributed by atoms with Gasteiger partial charge in [-0.2, -0.15) is 0 Å². The Labute approximate surface area is 136 Å². The molecule has 124 valence electrons. The molecule has 22 heavy (non-hydrogen) atoms. The lowest BCUT2D eigenvalue weighted by molar-refractivity contribution is 0.150. The lowest BCUT2D eigenvalue weighted by Gasteiger charge is -2.15. The Morgan fingerprint density at radius 3 is 2.55 bits per heavy atom. The molecule has 0 radical (unpaired) electrons. The van der Waals surface area contributed by atoms with E-state index in [0.717, 1.165) is 25.2 Å². The average Bonchev–Trinajstić information content (AvgIpc) is 2.56. The highest BCUT2D eigenvalue weighted by Gasteiger charge is 2.06. The van der Waals surface area contributed by atoms with Gasteiger partial charge in [0, 0.05) is 6.42 Å². The van der Waals surface area contributed by atoms with E-state index in [9.17, 15) is 0 Å². The lowest BCUT2D eigenvalue weighted by Crippen LogP contribution is -2.07. The van der Waals surface area contributed by atoms with Gasteiger partial charge in [0.05, 0.1) is 13.2 Å². The largest absolute Gasteiger partial charge is 0.497 e. The first-order chi connectivity index (χ1) is 10.8. The van der Waals surface area contributed by atoms with Crippen molar-refractivity contribution in [2.45, 2.75) is 59.3 Å². The zero-order valence-corrected chi connectivity index (χ0v) is 14.5. The van der Waals surface area contributed by atoms with E-state index in [2.05, 4.69) is 38.1 Å². The van der Waals surface area contributed by atoms with E-state index in [-0.39, 0.29) is 0 Å². The van der Waals surface area contributed by atoms with Crippen molar-refractivity contribution in [1.29, 1.82) is 0 Å². The molecule has 1 unspecified atom stereocenters. The Morgan fingerprint density at radius 2 is 1.91 bits per heavy atom. The van der Waals surface area contributed by atoms with E-state index in [1.807, 2.05) is 19.3 Å². The van der Waals surface area contributed by atoms with Gasteiger partial charge in [0.15, 0.2) is 0 Å². The van der Waals surface area contributed by atoms with Crippen LogP contribution in [0.3, 0.4) is 0 Å². The molecule has 0 N–H and O–H groups in total. The number of unbranched alkanes of at least 4 members (excludes halogenated alkanes) is 1. The fourth-order valence-corrected chi connectivity index (χ4v) is 2.44. The molecule has 1 aromatic rings. The van der Waals surface area contributed by atoms with Gasteiger partial charge in [0.1, 0.15) is 12.0 Å². The number of ether oxygens (including phenoxy) is 2. The van der Waals surface area contributed by atoms with Crippen molar-refractivity contribution in [3.8, 4) is 0 Å². The van der Waals surface area contributed by atoms with Crippen molar-refractivity contribution in [1.82, 2.24) is 0 Å². The third-order valence-corrected chi connectivity index (χ3v) is 3.92. The first-order valence-corrected chi connectivity index (χ1v) is 8.77. The molecule has 0 fully saturated rings. The summed E-state index contributed by atoms with van der Waals surface area (Å²) in [5, 5.41) is 0. The summed E-state index contributed by atoms with van der Waals surface area (Å²) < 4.78 is 11.5. The monoisotopic (exact) mass is 304 g/mol. The molecule has 0 spiro atoms. The Bertz CT molecular complexity index is 397. The zero-order valence-electron chi connectivity index (χ0n) is 14.5. The molecule has 0 amide bonds. The first-order valence-electron chi connectivity index (χ1n) is 8.77. The van der Waals surface area contributed by atoms with Crippen LogP contribution in [0.25, 0.3) is 0 Å².